The molecule has 0 atom stereocenters. The van der Waals surface area contributed by atoms with Gasteiger partial charge in [-0.15, -0.1) is 0 Å². The summed E-state index contributed by atoms with van der Waals surface area (Å²) in [6, 6.07) is 0. The zero-order chi connectivity index (χ0) is 5.70. The van der Waals surface area contributed by atoms with E-state index >= 15 is 0 Å². The van der Waals surface area contributed by atoms with Gasteiger partial charge >= 0.3 is 73.2 Å². The van der Waals surface area contributed by atoms with Crippen molar-refractivity contribution in [3.05, 3.63) is 0 Å². The normalized spacial score (nSPS) is 9.00. The Balaban J connectivity index is 2.68. The van der Waals surface area contributed by atoms with Crippen molar-refractivity contribution < 1.29 is 0 Å². The molecule has 0 radical (unpaired) electrons. The molecule has 0 aromatic heterocycles. The van der Waals surface area contributed by atoms with E-state index in [4.69, 9.17) is 0 Å². The van der Waals surface area contributed by atoms with Crippen LogP contribution in [0.4, 0.5) is 0 Å². The molecule has 0 aromatic rings. The minimum absolute atomic E-state index is 0.630. The average Bonchev–Trinajstić information content (AvgIpc) is 1.61. The molecule has 0 nitrogen and oxygen atoms in total. The average molecular weight is 381 g/mol. The Morgan fingerprint density at radius 1 is 1.43 bits per heavy atom. The summed E-state index contributed by atoms with van der Waals surface area (Å²) in [6.45, 7) is 2.26. The van der Waals surface area contributed by atoms with E-state index in [2.05, 4.69) is 46.3 Å². The molecule has 0 amide bonds. The molecule has 7 heavy (non-hydrogen) atoms. The number of hydrogen-bond acceptors (Lipinski definition) is 0. The third-order valence-corrected chi connectivity index (χ3v) is 9.02. The standard InChI is InChI=1S/C4H9.Ga.2HI/c1-3-4-2;;;/h1,3-4H2,2H3;;2*1H/q;+2;;/p-2. The van der Waals surface area contributed by atoms with Gasteiger partial charge in [-0.05, 0) is 0 Å². The molecule has 0 spiro atoms. The van der Waals surface area contributed by atoms with Gasteiger partial charge in [0.2, 0.25) is 0 Å². The summed E-state index contributed by atoms with van der Waals surface area (Å²) in [5.41, 5.74) is 0. The van der Waals surface area contributed by atoms with Gasteiger partial charge in [-0.2, -0.15) is 0 Å². The third kappa shape index (κ3) is 8.10. The topological polar surface area (TPSA) is 0 Å². The molecule has 0 aliphatic rings. The molecule has 0 aromatic carbocycles. The van der Waals surface area contributed by atoms with Crippen LogP contribution in [0.2, 0.25) is 4.98 Å². The zero-order valence-corrected chi connectivity index (χ0v) is 11.2. The summed E-state index contributed by atoms with van der Waals surface area (Å²) in [6.07, 6.45) is 2.85. The molecule has 0 aliphatic carbocycles. The van der Waals surface area contributed by atoms with Crippen LogP contribution < -0.4 is 0 Å². The van der Waals surface area contributed by atoms with Crippen molar-refractivity contribution in [2.75, 3.05) is 0 Å². The van der Waals surface area contributed by atoms with E-state index in [-0.39, 0.29) is 0 Å². The van der Waals surface area contributed by atoms with Gasteiger partial charge in [0.15, 0.2) is 0 Å². The number of rotatable bonds is 3. The Labute approximate surface area is 72.1 Å². The van der Waals surface area contributed by atoms with E-state index < -0.39 is 9.12 Å². The van der Waals surface area contributed by atoms with Crippen molar-refractivity contribution >= 4 is 48.5 Å². The van der Waals surface area contributed by atoms with Gasteiger partial charge in [0.1, 0.15) is 0 Å². The summed E-state index contributed by atoms with van der Waals surface area (Å²) >= 11 is 5.28. The first kappa shape index (κ1) is 9.10. The monoisotopic (exact) mass is 380 g/mol. The molecule has 0 saturated carbocycles. The van der Waals surface area contributed by atoms with Crippen LogP contribution in [-0.2, 0) is 0 Å². The van der Waals surface area contributed by atoms with Crippen LogP contribution in [0.15, 0.2) is 0 Å². The second kappa shape index (κ2) is 6.22. The van der Waals surface area contributed by atoms with Crippen LogP contribution in [0, 0.1) is 0 Å². The van der Waals surface area contributed by atoms with Gasteiger partial charge in [-0.1, -0.05) is 0 Å². The molecule has 0 fully saturated rings. The van der Waals surface area contributed by atoms with E-state index in [9.17, 15) is 0 Å². The van der Waals surface area contributed by atoms with Crippen LogP contribution in [0.1, 0.15) is 19.8 Å². The second-order valence-electron chi connectivity index (χ2n) is 1.53. The molecule has 0 rings (SSSR count). The number of halogens is 2. The van der Waals surface area contributed by atoms with E-state index in [1.165, 1.54) is 12.8 Å². The first-order valence-corrected chi connectivity index (χ1v) is 19.0. The van der Waals surface area contributed by atoms with Crippen LogP contribution in [0.5, 0.6) is 0 Å². The minimum atomic E-state index is -0.630. The maximum absolute atomic E-state index is 2.64. The predicted molar refractivity (Wildman–Crippen MR) is 53.5 cm³/mol. The van der Waals surface area contributed by atoms with Crippen molar-refractivity contribution in [3.63, 3.8) is 0 Å². The molecule has 0 unspecified atom stereocenters. The van der Waals surface area contributed by atoms with E-state index in [1.54, 1.807) is 4.98 Å². The van der Waals surface area contributed by atoms with Crippen LogP contribution in [0.25, 0.3) is 0 Å². The van der Waals surface area contributed by atoms with Crippen molar-refractivity contribution in [2.45, 2.75) is 24.7 Å². The first-order valence-electron chi connectivity index (χ1n) is 2.55. The molecule has 0 aliphatic heterocycles. The summed E-state index contributed by atoms with van der Waals surface area (Å²) in [5.74, 6) is 0. The quantitative estimate of drug-likeness (QED) is 0.521. The van der Waals surface area contributed by atoms with Crippen LogP contribution in [-0.4, -0.2) is 9.12 Å². The Kier molecular flexibility index (Phi) is 8.08. The molecule has 42 valence electrons. The maximum atomic E-state index is 2.64. The summed E-state index contributed by atoms with van der Waals surface area (Å²) in [5, 5.41) is 0. The van der Waals surface area contributed by atoms with Gasteiger partial charge in [0, 0.05) is 0 Å². The van der Waals surface area contributed by atoms with E-state index in [1.807, 2.05) is 0 Å². The molecule has 0 bridgehead atoms. The third-order valence-electron chi connectivity index (χ3n) is 0.776. The molecule has 3 heteroatoms. The zero-order valence-electron chi connectivity index (χ0n) is 4.45. The van der Waals surface area contributed by atoms with Gasteiger partial charge in [-0.3, -0.25) is 0 Å². The van der Waals surface area contributed by atoms with Crippen LogP contribution in [0.3, 0.4) is 0 Å². The Hall–Kier alpha value is 2.10. The van der Waals surface area contributed by atoms with Crippen molar-refractivity contribution in [3.8, 4) is 0 Å². The van der Waals surface area contributed by atoms with Gasteiger partial charge < -0.3 is 0 Å². The van der Waals surface area contributed by atoms with E-state index in [0.29, 0.717) is 0 Å². The summed E-state index contributed by atoms with van der Waals surface area (Å²) in [7, 11) is -0.630. The fraction of sp³-hybridized carbons (Fsp3) is 1.00. The second-order valence-corrected chi connectivity index (χ2v) is 32.4. The number of hydrogen-bond donors (Lipinski definition) is 0. The SMILES string of the molecule is CCC[CH2][Ga]([I])[I]. The molecular weight excluding hydrogens is 372 g/mol. The van der Waals surface area contributed by atoms with Crippen LogP contribution >= 0.6 is 39.3 Å². The van der Waals surface area contributed by atoms with Crippen molar-refractivity contribution in [1.82, 2.24) is 0 Å². The number of unbranched alkanes of at least 4 members (excludes halogenated alkanes) is 1. The van der Waals surface area contributed by atoms with Gasteiger partial charge in [0.25, 0.3) is 0 Å². The Morgan fingerprint density at radius 2 is 2.00 bits per heavy atom. The van der Waals surface area contributed by atoms with E-state index in [0.717, 1.165) is 0 Å². The Bertz CT molecular complexity index is 38.7. The molecule has 0 saturated heterocycles. The fourth-order valence-electron chi connectivity index (χ4n) is 0.358. The van der Waals surface area contributed by atoms with Gasteiger partial charge in [0.05, 0.1) is 0 Å². The summed E-state index contributed by atoms with van der Waals surface area (Å²) in [4.78, 5) is 1.56. The summed E-state index contributed by atoms with van der Waals surface area (Å²) < 4.78 is 0. The Morgan fingerprint density at radius 3 is 2.14 bits per heavy atom. The fourth-order valence-corrected chi connectivity index (χ4v) is 6.44. The van der Waals surface area contributed by atoms with Gasteiger partial charge in [-0.25, -0.2) is 0 Å². The molecule has 0 N–H and O–H groups in total. The molecular formula is C4H9GaI2. The van der Waals surface area contributed by atoms with Crippen molar-refractivity contribution in [2.24, 2.45) is 0 Å². The van der Waals surface area contributed by atoms with Crippen molar-refractivity contribution in [1.29, 1.82) is 0 Å². The predicted octanol–water partition coefficient (Wildman–Crippen LogP) is 3.14. The molecule has 0 heterocycles. The first-order chi connectivity index (χ1) is 3.27.